The molecule has 0 aromatic heterocycles. The van der Waals surface area contributed by atoms with Gasteiger partial charge >= 0.3 is 0 Å². The highest BCUT2D eigenvalue weighted by Crippen LogP contribution is 2.22. The van der Waals surface area contributed by atoms with Crippen LogP contribution in [0.5, 0.6) is 0 Å². The van der Waals surface area contributed by atoms with Gasteiger partial charge in [-0.3, -0.25) is 19.1 Å². The van der Waals surface area contributed by atoms with E-state index in [1.54, 1.807) is 14.0 Å². The molecule has 2 unspecified atom stereocenters. The molecule has 2 atom stereocenters. The molecule has 1 aromatic carbocycles. The van der Waals surface area contributed by atoms with Gasteiger partial charge in [-0.1, -0.05) is 0 Å². The first kappa shape index (κ1) is 16.1. The fraction of sp³-hybridized carbons (Fsp3) is 0.417. The molecule has 0 aliphatic heterocycles. The van der Waals surface area contributed by atoms with E-state index in [1.165, 1.54) is 24.5 Å². The Balaban J connectivity index is 3.01. The maximum atomic E-state index is 12.1. The van der Waals surface area contributed by atoms with E-state index in [2.05, 4.69) is 10.6 Å². The summed E-state index contributed by atoms with van der Waals surface area (Å²) in [5.41, 5.74) is 0.328. The number of anilines is 1. The van der Waals surface area contributed by atoms with Gasteiger partial charge in [0.1, 0.15) is 5.56 Å². The van der Waals surface area contributed by atoms with Crippen LogP contribution in [-0.2, 0) is 10.8 Å². The summed E-state index contributed by atoms with van der Waals surface area (Å²) in [6, 6.07) is 3.90. The molecule has 0 heterocycles. The molecule has 2 N–H and O–H groups in total. The average Bonchev–Trinajstić information content (AvgIpc) is 2.36. The molecule has 8 heteroatoms. The maximum Gasteiger partial charge on any atom is 0.282 e. The van der Waals surface area contributed by atoms with Crippen molar-refractivity contribution in [2.24, 2.45) is 0 Å². The molecule has 20 heavy (non-hydrogen) atoms. The number of nitro benzene ring substituents is 1. The van der Waals surface area contributed by atoms with Crippen molar-refractivity contribution in [3.63, 3.8) is 0 Å². The summed E-state index contributed by atoms with van der Waals surface area (Å²) in [5.74, 6) is -0.252. The molecular formula is C12H17N3O4S. The number of hydrogen-bond acceptors (Lipinski definition) is 5. The second-order valence-corrected chi connectivity index (χ2v) is 5.83. The number of rotatable bonds is 6. The minimum Gasteiger partial charge on any atom is -0.388 e. The van der Waals surface area contributed by atoms with E-state index in [9.17, 15) is 19.1 Å². The van der Waals surface area contributed by atoms with Crippen LogP contribution in [0.4, 0.5) is 11.4 Å². The smallest absolute Gasteiger partial charge is 0.282 e. The van der Waals surface area contributed by atoms with E-state index in [1.807, 2.05) is 0 Å². The van der Waals surface area contributed by atoms with Crippen molar-refractivity contribution >= 4 is 28.1 Å². The first-order chi connectivity index (χ1) is 9.35. The van der Waals surface area contributed by atoms with Crippen LogP contribution >= 0.6 is 0 Å². The van der Waals surface area contributed by atoms with Gasteiger partial charge in [0, 0.05) is 47.7 Å². The number of carbonyl (C=O) groups is 1. The monoisotopic (exact) mass is 299 g/mol. The van der Waals surface area contributed by atoms with Gasteiger partial charge in [-0.2, -0.15) is 0 Å². The highest BCUT2D eigenvalue weighted by Gasteiger charge is 2.21. The van der Waals surface area contributed by atoms with Gasteiger partial charge in [0.2, 0.25) is 0 Å². The average molecular weight is 299 g/mol. The first-order valence-corrected chi connectivity index (χ1v) is 7.65. The Morgan fingerprint density at radius 1 is 1.50 bits per heavy atom. The summed E-state index contributed by atoms with van der Waals surface area (Å²) >= 11 is 0. The van der Waals surface area contributed by atoms with Gasteiger partial charge in [-0.25, -0.2) is 0 Å². The maximum absolute atomic E-state index is 12.1. The third-order valence-electron chi connectivity index (χ3n) is 2.59. The van der Waals surface area contributed by atoms with Gasteiger partial charge < -0.3 is 10.6 Å². The van der Waals surface area contributed by atoms with Gasteiger partial charge in [-0.05, 0) is 19.1 Å². The summed E-state index contributed by atoms with van der Waals surface area (Å²) in [5, 5.41) is 16.4. The minimum atomic E-state index is -1.05. The van der Waals surface area contributed by atoms with Crippen LogP contribution in [0.2, 0.25) is 0 Å². The van der Waals surface area contributed by atoms with E-state index in [0.29, 0.717) is 11.4 Å². The number of benzene rings is 1. The van der Waals surface area contributed by atoms with Crippen LogP contribution < -0.4 is 10.6 Å². The van der Waals surface area contributed by atoms with Crippen molar-refractivity contribution in [3.05, 3.63) is 33.9 Å². The Morgan fingerprint density at radius 2 is 2.15 bits per heavy atom. The molecule has 0 fully saturated rings. The summed E-state index contributed by atoms with van der Waals surface area (Å²) in [6.07, 6.45) is 1.53. The predicted molar refractivity (Wildman–Crippen MR) is 78.5 cm³/mol. The molecule has 0 saturated heterocycles. The lowest BCUT2D eigenvalue weighted by atomic mass is 10.1. The van der Waals surface area contributed by atoms with E-state index in [-0.39, 0.29) is 17.3 Å². The molecule has 0 saturated carbocycles. The van der Waals surface area contributed by atoms with E-state index < -0.39 is 21.6 Å². The molecule has 0 aliphatic carbocycles. The topological polar surface area (TPSA) is 101 Å². The van der Waals surface area contributed by atoms with E-state index >= 15 is 0 Å². The Morgan fingerprint density at radius 3 is 2.65 bits per heavy atom. The molecular weight excluding hydrogens is 282 g/mol. The fourth-order valence-electron chi connectivity index (χ4n) is 1.73. The third-order valence-corrected chi connectivity index (χ3v) is 3.56. The molecule has 1 amide bonds. The SMILES string of the molecule is CNc1ccc([N+](=O)[O-])c(C(=O)NC(C)CS(C)=O)c1. The van der Waals surface area contributed by atoms with E-state index in [0.717, 1.165) is 0 Å². The quantitative estimate of drug-likeness (QED) is 0.605. The molecule has 1 aromatic rings. The number of amides is 1. The van der Waals surface area contributed by atoms with Crippen molar-refractivity contribution in [2.45, 2.75) is 13.0 Å². The normalized spacial score (nSPS) is 13.3. The zero-order chi connectivity index (χ0) is 15.3. The van der Waals surface area contributed by atoms with Crippen molar-refractivity contribution in [1.29, 1.82) is 0 Å². The van der Waals surface area contributed by atoms with Gasteiger partial charge in [-0.15, -0.1) is 0 Å². The molecule has 0 bridgehead atoms. The number of hydrogen-bond donors (Lipinski definition) is 2. The van der Waals surface area contributed by atoms with Gasteiger partial charge in [0.15, 0.2) is 0 Å². The van der Waals surface area contributed by atoms with E-state index in [4.69, 9.17) is 0 Å². The van der Waals surface area contributed by atoms with Crippen LogP contribution in [0.3, 0.4) is 0 Å². The second kappa shape index (κ2) is 6.99. The van der Waals surface area contributed by atoms with Gasteiger partial charge in [0.05, 0.1) is 4.92 Å². The summed E-state index contributed by atoms with van der Waals surface area (Å²) in [7, 11) is 0.609. The molecule has 0 radical (unpaired) electrons. The van der Waals surface area contributed by atoms with Crippen molar-refractivity contribution in [3.8, 4) is 0 Å². The Labute approximate surface area is 119 Å². The Bertz CT molecular complexity index is 548. The highest BCUT2D eigenvalue weighted by atomic mass is 32.2. The zero-order valence-electron chi connectivity index (χ0n) is 11.5. The van der Waals surface area contributed by atoms with Crippen LogP contribution in [0.15, 0.2) is 18.2 Å². The zero-order valence-corrected chi connectivity index (χ0v) is 12.3. The minimum absolute atomic E-state index is 0.0180. The number of nitrogens with one attached hydrogen (secondary N) is 2. The lowest BCUT2D eigenvalue weighted by Gasteiger charge is -2.13. The molecule has 0 spiro atoms. The summed E-state index contributed by atoms with van der Waals surface area (Å²) in [6.45, 7) is 1.70. The summed E-state index contributed by atoms with van der Waals surface area (Å²) < 4.78 is 11.1. The highest BCUT2D eigenvalue weighted by molar-refractivity contribution is 7.84. The second-order valence-electron chi connectivity index (χ2n) is 4.35. The van der Waals surface area contributed by atoms with Crippen LogP contribution in [-0.4, -0.2) is 40.1 Å². The van der Waals surface area contributed by atoms with Crippen LogP contribution in [0.25, 0.3) is 0 Å². The standard InChI is InChI=1S/C12H17N3O4S/c1-8(7-20(3)19)14-12(16)10-6-9(13-2)4-5-11(10)15(17)18/h4-6,8,13H,7H2,1-3H3,(H,14,16). The van der Waals surface area contributed by atoms with Crippen molar-refractivity contribution in [1.82, 2.24) is 5.32 Å². The Hall–Kier alpha value is -1.96. The lowest BCUT2D eigenvalue weighted by Crippen LogP contribution is -2.36. The number of nitrogens with zero attached hydrogens (tertiary/aromatic N) is 1. The largest absolute Gasteiger partial charge is 0.388 e. The van der Waals surface area contributed by atoms with Crippen LogP contribution in [0, 0.1) is 10.1 Å². The number of nitro groups is 1. The van der Waals surface area contributed by atoms with Crippen LogP contribution in [0.1, 0.15) is 17.3 Å². The Kier molecular flexibility index (Phi) is 5.63. The van der Waals surface area contributed by atoms with Crippen molar-refractivity contribution in [2.75, 3.05) is 24.4 Å². The third kappa shape index (κ3) is 4.30. The predicted octanol–water partition coefficient (Wildman–Crippen LogP) is 1.13. The molecule has 7 nitrogen and oxygen atoms in total. The molecule has 0 aliphatic rings. The molecule has 1 rings (SSSR count). The first-order valence-electron chi connectivity index (χ1n) is 5.92. The van der Waals surface area contributed by atoms with Gasteiger partial charge in [0.25, 0.3) is 11.6 Å². The summed E-state index contributed by atoms with van der Waals surface area (Å²) in [4.78, 5) is 22.4. The number of carbonyl (C=O) groups excluding carboxylic acids is 1. The van der Waals surface area contributed by atoms with Crippen molar-refractivity contribution < 1.29 is 13.9 Å². The lowest BCUT2D eigenvalue weighted by molar-refractivity contribution is -0.385. The fourth-order valence-corrected chi connectivity index (χ4v) is 2.52. The molecule has 110 valence electrons.